The van der Waals surface area contributed by atoms with E-state index in [9.17, 15) is 9.59 Å². The molecule has 1 amide bonds. The summed E-state index contributed by atoms with van der Waals surface area (Å²) in [6.45, 7) is 5.42. The molecule has 28 heavy (non-hydrogen) atoms. The standard InChI is InChI=1S/C21H22N2O5/c1-15(24)28-18-5-3-17(4-6-18)21(25)23-10-8-22(9-11-23)13-16-2-7-19-20(12-16)27-14-26-19/h2-7,12H,8-11,13-14H2,1H3. The molecule has 2 heterocycles. The molecule has 2 aliphatic rings. The molecule has 146 valence electrons. The summed E-state index contributed by atoms with van der Waals surface area (Å²) in [6.07, 6.45) is 0. The molecule has 0 unspecified atom stereocenters. The fourth-order valence-electron chi connectivity index (χ4n) is 3.42. The summed E-state index contributed by atoms with van der Waals surface area (Å²) in [5, 5.41) is 0. The fraction of sp³-hybridized carbons (Fsp3) is 0.333. The summed E-state index contributed by atoms with van der Waals surface area (Å²) >= 11 is 0. The molecular formula is C21H22N2O5. The summed E-state index contributed by atoms with van der Waals surface area (Å²) in [7, 11) is 0. The Bertz CT molecular complexity index is 873. The molecule has 2 aromatic carbocycles. The zero-order valence-corrected chi connectivity index (χ0v) is 15.7. The molecule has 7 heteroatoms. The van der Waals surface area contributed by atoms with Gasteiger partial charge in [0, 0.05) is 45.2 Å². The smallest absolute Gasteiger partial charge is 0.308 e. The lowest BCUT2D eigenvalue weighted by atomic mass is 10.1. The lowest BCUT2D eigenvalue weighted by Gasteiger charge is -2.34. The third-order valence-corrected chi connectivity index (χ3v) is 4.87. The average Bonchev–Trinajstić information content (AvgIpc) is 3.16. The molecular weight excluding hydrogens is 360 g/mol. The van der Waals surface area contributed by atoms with Crippen LogP contribution in [0.25, 0.3) is 0 Å². The van der Waals surface area contributed by atoms with Crippen LogP contribution in [0.2, 0.25) is 0 Å². The first kappa shape index (κ1) is 18.3. The second kappa shape index (κ2) is 7.90. The van der Waals surface area contributed by atoms with Crippen LogP contribution in [0, 0.1) is 0 Å². The zero-order chi connectivity index (χ0) is 19.5. The summed E-state index contributed by atoms with van der Waals surface area (Å²) < 4.78 is 15.8. The predicted molar refractivity (Wildman–Crippen MR) is 101 cm³/mol. The van der Waals surface area contributed by atoms with Crippen LogP contribution in [0.15, 0.2) is 42.5 Å². The van der Waals surface area contributed by atoms with Gasteiger partial charge in [-0.1, -0.05) is 6.07 Å². The van der Waals surface area contributed by atoms with Crippen molar-refractivity contribution in [2.24, 2.45) is 0 Å². The molecule has 1 fully saturated rings. The van der Waals surface area contributed by atoms with Gasteiger partial charge in [0.05, 0.1) is 0 Å². The first-order valence-electron chi connectivity index (χ1n) is 9.27. The van der Waals surface area contributed by atoms with E-state index in [1.807, 2.05) is 17.0 Å². The lowest BCUT2D eigenvalue weighted by molar-refractivity contribution is -0.131. The van der Waals surface area contributed by atoms with E-state index < -0.39 is 0 Å². The van der Waals surface area contributed by atoms with Gasteiger partial charge in [-0.3, -0.25) is 14.5 Å². The highest BCUT2D eigenvalue weighted by Gasteiger charge is 2.23. The minimum Gasteiger partial charge on any atom is -0.454 e. The Labute approximate surface area is 163 Å². The normalized spacial score (nSPS) is 16.1. The van der Waals surface area contributed by atoms with E-state index in [4.69, 9.17) is 14.2 Å². The molecule has 1 saturated heterocycles. The number of nitrogens with zero attached hydrogens (tertiary/aromatic N) is 2. The Morgan fingerprint density at radius 2 is 1.68 bits per heavy atom. The van der Waals surface area contributed by atoms with Crippen LogP contribution < -0.4 is 14.2 Å². The molecule has 2 aromatic rings. The van der Waals surface area contributed by atoms with Gasteiger partial charge in [-0.25, -0.2) is 0 Å². The highest BCUT2D eigenvalue weighted by Crippen LogP contribution is 2.32. The number of rotatable bonds is 4. The fourth-order valence-corrected chi connectivity index (χ4v) is 3.42. The van der Waals surface area contributed by atoms with Crippen LogP contribution in [0.1, 0.15) is 22.8 Å². The van der Waals surface area contributed by atoms with Gasteiger partial charge in [-0.15, -0.1) is 0 Å². The largest absolute Gasteiger partial charge is 0.454 e. The Hall–Kier alpha value is -3.06. The summed E-state index contributed by atoms with van der Waals surface area (Å²) in [4.78, 5) is 27.9. The molecule has 0 radical (unpaired) electrons. The minimum atomic E-state index is -0.377. The number of esters is 1. The SMILES string of the molecule is CC(=O)Oc1ccc(C(=O)N2CCN(Cc3ccc4c(c3)OCO4)CC2)cc1. The van der Waals surface area contributed by atoms with Crippen LogP contribution in [-0.4, -0.2) is 54.6 Å². The summed E-state index contributed by atoms with van der Waals surface area (Å²) in [5.41, 5.74) is 1.77. The minimum absolute atomic E-state index is 0.00268. The number of ether oxygens (including phenoxy) is 3. The van der Waals surface area contributed by atoms with Gasteiger partial charge in [0.25, 0.3) is 5.91 Å². The molecule has 4 rings (SSSR count). The summed E-state index contributed by atoms with van der Waals surface area (Å²) in [6, 6.07) is 12.7. The maximum atomic E-state index is 12.7. The van der Waals surface area contributed by atoms with E-state index in [2.05, 4.69) is 11.0 Å². The number of carbonyl (C=O) groups excluding carboxylic acids is 2. The van der Waals surface area contributed by atoms with Gasteiger partial charge in [-0.05, 0) is 42.0 Å². The molecule has 0 aliphatic carbocycles. The molecule has 0 saturated carbocycles. The maximum Gasteiger partial charge on any atom is 0.308 e. The van der Waals surface area contributed by atoms with Crippen LogP contribution in [0.4, 0.5) is 0 Å². The van der Waals surface area contributed by atoms with Crippen molar-refractivity contribution in [1.82, 2.24) is 9.80 Å². The van der Waals surface area contributed by atoms with Crippen LogP contribution >= 0.6 is 0 Å². The molecule has 0 aromatic heterocycles. The number of hydrogen-bond acceptors (Lipinski definition) is 6. The van der Waals surface area contributed by atoms with Gasteiger partial charge in [-0.2, -0.15) is 0 Å². The quantitative estimate of drug-likeness (QED) is 0.597. The number of amides is 1. The van der Waals surface area contributed by atoms with Crippen molar-refractivity contribution in [3.63, 3.8) is 0 Å². The van der Waals surface area contributed by atoms with Gasteiger partial charge in [0.15, 0.2) is 11.5 Å². The van der Waals surface area contributed by atoms with Crippen molar-refractivity contribution < 1.29 is 23.8 Å². The molecule has 0 spiro atoms. The molecule has 2 aliphatic heterocycles. The summed E-state index contributed by atoms with van der Waals surface area (Å²) in [5.74, 6) is 1.65. The van der Waals surface area contributed by atoms with Gasteiger partial charge in [0.2, 0.25) is 6.79 Å². The Morgan fingerprint density at radius 3 is 2.39 bits per heavy atom. The molecule has 7 nitrogen and oxygen atoms in total. The van der Waals surface area contributed by atoms with E-state index in [1.54, 1.807) is 24.3 Å². The van der Waals surface area contributed by atoms with Crippen LogP contribution in [0.5, 0.6) is 17.2 Å². The molecule has 0 N–H and O–H groups in total. The van der Waals surface area contributed by atoms with Crippen molar-refractivity contribution in [3.8, 4) is 17.2 Å². The highest BCUT2D eigenvalue weighted by molar-refractivity contribution is 5.94. The predicted octanol–water partition coefficient (Wildman–Crippen LogP) is 2.30. The highest BCUT2D eigenvalue weighted by atomic mass is 16.7. The van der Waals surface area contributed by atoms with Crippen molar-refractivity contribution in [2.45, 2.75) is 13.5 Å². The van der Waals surface area contributed by atoms with Gasteiger partial charge >= 0.3 is 5.97 Å². The monoisotopic (exact) mass is 382 g/mol. The number of fused-ring (bicyclic) bond motifs is 1. The van der Waals surface area contributed by atoms with E-state index >= 15 is 0 Å². The molecule has 0 atom stereocenters. The van der Waals surface area contributed by atoms with Crippen molar-refractivity contribution in [3.05, 3.63) is 53.6 Å². The van der Waals surface area contributed by atoms with Crippen molar-refractivity contribution >= 4 is 11.9 Å². The van der Waals surface area contributed by atoms with Crippen LogP contribution in [0.3, 0.4) is 0 Å². The maximum absolute atomic E-state index is 12.7. The Kier molecular flexibility index (Phi) is 5.16. The number of hydrogen-bond donors (Lipinski definition) is 0. The van der Waals surface area contributed by atoms with Crippen LogP contribution in [-0.2, 0) is 11.3 Å². The van der Waals surface area contributed by atoms with Crippen molar-refractivity contribution in [2.75, 3.05) is 33.0 Å². The van der Waals surface area contributed by atoms with Gasteiger partial charge < -0.3 is 19.1 Å². The number of carbonyl (C=O) groups is 2. The Balaban J connectivity index is 1.31. The topological polar surface area (TPSA) is 68.3 Å². The average molecular weight is 382 g/mol. The van der Waals surface area contributed by atoms with Crippen molar-refractivity contribution in [1.29, 1.82) is 0 Å². The molecule has 0 bridgehead atoms. The first-order valence-corrected chi connectivity index (χ1v) is 9.27. The van der Waals surface area contributed by atoms with E-state index in [0.29, 0.717) is 24.4 Å². The van der Waals surface area contributed by atoms with E-state index in [1.165, 1.54) is 12.5 Å². The van der Waals surface area contributed by atoms with Gasteiger partial charge in [0.1, 0.15) is 5.75 Å². The van der Waals surface area contributed by atoms with E-state index in [-0.39, 0.29) is 18.7 Å². The third-order valence-electron chi connectivity index (χ3n) is 4.87. The zero-order valence-electron chi connectivity index (χ0n) is 15.7. The third kappa shape index (κ3) is 4.09. The second-order valence-electron chi connectivity index (χ2n) is 6.87. The lowest BCUT2D eigenvalue weighted by Crippen LogP contribution is -2.48. The Morgan fingerprint density at radius 1 is 0.964 bits per heavy atom. The number of benzene rings is 2. The van der Waals surface area contributed by atoms with E-state index in [0.717, 1.165) is 31.1 Å². The second-order valence-corrected chi connectivity index (χ2v) is 6.87. The number of piperazine rings is 1. The first-order chi connectivity index (χ1) is 13.6.